The zero-order chi connectivity index (χ0) is 18.5. The van der Waals surface area contributed by atoms with Crippen LogP contribution < -0.4 is 0 Å². The van der Waals surface area contributed by atoms with Gasteiger partial charge in [0.05, 0.1) is 32.4 Å². The number of hydrogen-bond acceptors (Lipinski definition) is 6. The Bertz CT molecular complexity index is 739. The molecule has 0 aliphatic carbocycles. The maximum Gasteiger partial charge on any atom is 0.223 e. The number of ether oxygens (including phenoxy) is 2. The third-order valence-electron chi connectivity index (χ3n) is 5.23. The van der Waals surface area contributed by atoms with Crippen LogP contribution in [-0.2, 0) is 27.2 Å². The number of nitrogens with zero attached hydrogens (tertiary/aromatic N) is 5. The van der Waals surface area contributed by atoms with Gasteiger partial charge in [0, 0.05) is 37.8 Å². The molecule has 2 aromatic heterocycles. The number of carbonyl (C=O) groups is 1. The minimum absolute atomic E-state index is 0.102. The average Bonchev–Trinajstić information content (AvgIpc) is 3.28. The fourth-order valence-corrected chi connectivity index (χ4v) is 3.85. The molecule has 27 heavy (non-hydrogen) atoms. The van der Waals surface area contributed by atoms with E-state index >= 15 is 0 Å². The van der Waals surface area contributed by atoms with Crippen LogP contribution in [-0.4, -0.2) is 68.6 Å². The van der Waals surface area contributed by atoms with Gasteiger partial charge in [-0.2, -0.15) is 5.10 Å². The first kappa shape index (κ1) is 18.1. The zero-order valence-corrected chi connectivity index (χ0v) is 15.4. The van der Waals surface area contributed by atoms with E-state index in [0.29, 0.717) is 39.1 Å². The van der Waals surface area contributed by atoms with Crippen LogP contribution in [0.15, 0.2) is 37.2 Å². The second-order valence-electron chi connectivity index (χ2n) is 7.30. The summed E-state index contributed by atoms with van der Waals surface area (Å²) in [6.07, 6.45) is 11.8. The first-order chi connectivity index (χ1) is 13.2. The highest BCUT2D eigenvalue weighted by atomic mass is 16.6. The molecular formula is C19H25N5O3. The molecule has 2 fully saturated rings. The summed E-state index contributed by atoms with van der Waals surface area (Å²) < 4.78 is 14.1. The minimum atomic E-state index is -0.403. The Morgan fingerprint density at radius 2 is 2.22 bits per heavy atom. The molecule has 2 saturated heterocycles. The van der Waals surface area contributed by atoms with Gasteiger partial charge in [0.2, 0.25) is 5.91 Å². The molecule has 0 unspecified atom stereocenters. The van der Waals surface area contributed by atoms with Crippen molar-refractivity contribution in [3.8, 4) is 0 Å². The molecule has 2 atom stereocenters. The van der Waals surface area contributed by atoms with Crippen LogP contribution >= 0.6 is 0 Å². The minimum Gasteiger partial charge on any atom is -0.377 e. The number of amides is 1. The van der Waals surface area contributed by atoms with Crippen LogP contribution in [0, 0.1) is 0 Å². The predicted octanol–water partition coefficient (Wildman–Crippen LogP) is 1.08. The SMILES string of the molecule is O=C(CCc1cncnc1)N1CCOC[C@]2(CC[C@@H](Cn3cccn3)O2)C1. The Morgan fingerprint density at radius 3 is 3.04 bits per heavy atom. The summed E-state index contributed by atoms with van der Waals surface area (Å²) in [5.74, 6) is 0.128. The molecule has 2 aliphatic rings. The van der Waals surface area contributed by atoms with Crippen molar-refractivity contribution in [2.75, 3.05) is 26.3 Å². The van der Waals surface area contributed by atoms with E-state index in [4.69, 9.17) is 9.47 Å². The first-order valence-electron chi connectivity index (χ1n) is 9.47. The maximum atomic E-state index is 12.8. The lowest BCUT2D eigenvalue weighted by atomic mass is 9.99. The highest BCUT2D eigenvalue weighted by Crippen LogP contribution is 2.33. The summed E-state index contributed by atoms with van der Waals surface area (Å²) in [5.41, 5.74) is 0.572. The van der Waals surface area contributed by atoms with E-state index in [1.54, 1.807) is 18.6 Å². The van der Waals surface area contributed by atoms with Crippen LogP contribution in [0.25, 0.3) is 0 Å². The Labute approximate surface area is 158 Å². The van der Waals surface area contributed by atoms with E-state index in [1.165, 1.54) is 6.33 Å². The van der Waals surface area contributed by atoms with Crippen molar-refractivity contribution in [3.63, 3.8) is 0 Å². The lowest BCUT2D eigenvalue weighted by Crippen LogP contribution is -2.47. The highest BCUT2D eigenvalue weighted by molar-refractivity contribution is 5.76. The van der Waals surface area contributed by atoms with E-state index in [1.807, 2.05) is 21.8 Å². The molecule has 1 amide bonds. The summed E-state index contributed by atoms with van der Waals surface area (Å²) in [7, 11) is 0. The summed E-state index contributed by atoms with van der Waals surface area (Å²) >= 11 is 0. The van der Waals surface area contributed by atoms with E-state index in [2.05, 4.69) is 15.1 Å². The van der Waals surface area contributed by atoms with Crippen molar-refractivity contribution in [3.05, 3.63) is 42.7 Å². The van der Waals surface area contributed by atoms with Crippen molar-refractivity contribution in [2.24, 2.45) is 0 Å². The predicted molar refractivity (Wildman–Crippen MR) is 96.8 cm³/mol. The molecule has 2 aliphatic heterocycles. The molecule has 0 aromatic carbocycles. The lowest BCUT2D eigenvalue weighted by molar-refractivity contribution is -0.136. The molecule has 0 radical (unpaired) electrons. The van der Waals surface area contributed by atoms with Gasteiger partial charge >= 0.3 is 0 Å². The van der Waals surface area contributed by atoms with Crippen molar-refractivity contribution < 1.29 is 14.3 Å². The molecule has 8 heteroatoms. The monoisotopic (exact) mass is 371 g/mol. The fraction of sp³-hybridized carbons (Fsp3) is 0.579. The van der Waals surface area contributed by atoms with Gasteiger partial charge in [0.1, 0.15) is 11.9 Å². The van der Waals surface area contributed by atoms with Crippen LogP contribution in [0.3, 0.4) is 0 Å². The standard InChI is InChI=1S/C19H25N5O3/c25-18(3-2-16-10-20-15-21-11-16)23-8-9-26-14-19(13-23)5-4-17(27-19)12-24-7-1-6-22-24/h1,6-7,10-11,15,17H,2-5,8-9,12-14H2/t17-,19-/m0/s1. The maximum absolute atomic E-state index is 12.8. The molecule has 0 bridgehead atoms. The van der Waals surface area contributed by atoms with E-state index in [0.717, 1.165) is 24.9 Å². The molecular weight excluding hydrogens is 346 g/mol. The smallest absolute Gasteiger partial charge is 0.223 e. The number of hydrogen-bond donors (Lipinski definition) is 0. The van der Waals surface area contributed by atoms with E-state index < -0.39 is 5.60 Å². The van der Waals surface area contributed by atoms with Gasteiger partial charge in [-0.15, -0.1) is 0 Å². The van der Waals surface area contributed by atoms with E-state index in [-0.39, 0.29) is 12.0 Å². The summed E-state index contributed by atoms with van der Waals surface area (Å²) in [6.45, 7) is 3.02. The molecule has 4 rings (SSSR count). The Morgan fingerprint density at radius 1 is 1.33 bits per heavy atom. The van der Waals surface area contributed by atoms with Crippen LogP contribution in [0.1, 0.15) is 24.8 Å². The molecule has 1 spiro atoms. The second kappa shape index (κ2) is 8.14. The molecule has 8 nitrogen and oxygen atoms in total. The molecule has 0 saturated carbocycles. The highest BCUT2D eigenvalue weighted by Gasteiger charge is 2.44. The van der Waals surface area contributed by atoms with Gasteiger partial charge in [-0.25, -0.2) is 9.97 Å². The van der Waals surface area contributed by atoms with Gasteiger partial charge in [-0.3, -0.25) is 9.48 Å². The number of carbonyl (C=O) groups excluding carboxylic acids is 1. The normalized spacial score (nSPS) is 25.6. The van der Waals surface area contributed by atoms with Crippen molar-refractivity contribution >= 4 is 5.91 Å². The van der Waals surface area contributed by atoms with Crippen molar-refractivity contribution in [1.82, 2.24) is 24.6 Å². The average molecular weight is 371 g/mol. The largest absolute Gasteiger partial charge is 0.377 e. The summed E-state index contributed by atoms with van der Waals surface area (Å²) in [5, 5.41) is 4.26. The van der Waals surface area contributed by atoms with Gasteiger partial charge in [0.15, 0.2) is 0 Å². The quantitative estimate of drug-likeness (QED) is 0.782. The van der Waals surface area contributed by atoms with Gasteiger partial charge < -0.3 is 14.4 Å². The van der Waals surface area contributed by atoms with Crippen LogP contribution in [0.5, 0.6) is 0 Å². The third-order valence-corrected chi connectivity index (χ3v) is 5.23. The van der Waals surface area contributed by atoms with Gasteiger partial charge in [-0.1, -0.05) is 0 Å². The number of aryl methyl sites for hydroxylation is 1. The van der Waals surface area contributed by atoms with Crippen molar-refractivity contribution in [1.29, 1.82) is 0 Å². The van der Waals surface area contributed by atoms with Crippen LogP contribution in [0.2, 0.25) is 0 Å². The Balaban J connectivity index is 1.35. The zero-order valence-electron chi connectivity index (χ0n) is 15.4. The van der Waals surface area contributed by atoms with Gasteiger partial charge in [-0.05, 0) is 30.9 Å². The van der Waals surface area contributed by atoms with Crippen LogP contribution in [0.4, 0.5) is 0 Å². The Kier molecular flexibility index (Phi) is 5.45. The summed E-state index contributed by atoms with van der Waals surface area (Å²) in [4.78, 5) is 22.7. The number of rotatable bonds is 5. The number of aromatic nitrogens is 4. The fourth-order valence-electron chi connectivity index (χ4n) is 3.85. The molecule has 144 valence electrons. The molecule has 4 heterocycles. The topological polar surface area (TPSA) is 82.4 Å². The second-order valence-corrected chi connectivity index (χ2v) is 7.30. The first-order valence-corrected chi connectivity index (χ1v) is 9.47. The van der Waals surface area contributed by atoms with E-state index in [9.17, 15) is 4.79 Å². The van der Waals surface area contributed by atoms with Gasteiger partial charge in [0.25, 0.3) is 0 Å². The lowest BCUT2D eigenvalue weighted by Gasteiger charge is -2.32. The summed E-state index contributed by atoms with van der Waals surface area (Å²) in [6, 6.07) is 1.91. The molecule has 2 aromatic rings. The molecule has 0 N–H and O–H groups in total. The van der Waals surface area contributed by atoms with Crippen molar-refractivity contribution in [2.45, 2.75) is 43.9 Å². The third kappa shape index (κ3) is 4.51. The Hall–Kier alpha value is -2.32.